The Labute approximate surface area is 213 Å². The lowest BCUT2D eigenvalue weighted by Crippen LogP contribution is -2.50. The predicted molar refractivity (Wildman–Crippen MR) is 150 cm³/mol. The normalized spacial score (nSPS) is 15.1. The summed E-state index contributed by atoms with van der Waals surface area (Å²) < 4.78 is 2.27. The summed E-state index contributed by atoms with van der Waals surface area (Å²) in [7, 11) is 0. The van der Waals surface area contributed by atoms with Gasteiger partial charge in [-0.05, 0) is 62.9 Å². The number of rotatable bonds is 6. The molecular formula is C30H37N5O. The van der Waals surface area contributed by atoms with Gasteiger partial charge in [0.15, 0.2) is 5.43 Å². The van der Waals surface area contributed by atoms with Gasteiger partial charge in [-0.2, -0.15) is 5.26 Å². The van der Waals surface area contributed by atoms with Crippen LogP contribution in [0.2, 0.25) is 0 Å². The summed E-state index contributed by atoms with van der Waals surface area (Å²) in [6.45, 7) is 15.2. The molecule has 5 rings (SSSR count). The van der Waals surface area contributed by atoms with Crippen LogP contribution in [0.3, 0.4) is 0 Å². The molecule has 1 aliphatic rings. The van der Waals surface area contributed by atoms with Crippen molar-refractivity contribution in [2.24, 2.45) is 0 Å². The number of pyridine rings is 1. The molecule has 0 radical (unpaired) electrons. The number of piperazine rings is 1. The van der Waals surface area contributed by atoms with Crippen molar-refractivity contribution in [3.8, 4) is 6.07 Å². The molecule has 4 aromatic rings. The lowest BCUT2D eigenvalue weighted by atomic mass is 10.0. The molecule has 1 saturated heterocycles. The van der Waals surface area contributed by atoms with Gasteiger partial charge in [-0.1, -0.05) is 26.8 Å². The lowest BCUT2D eigenvalue weighted by Gasteiger charge is -2.40. The number of aromatic amines is 1. The van der Waals surface area contributed by atoms with E-state index in [1.807, 2.05) is 12.1 Å². The highest BCUT2D eigenvalue weighted by molar-refractivity contribution is 6.10. The Balaban J connectivity index is 1.70. The maximum atomic E-state index is 13.9. The number of nitriles is 1. The van der Waals surface area contributed by atoms with Gasteiger partial charge in [0.2, 0.25) is 0 Å². The van der Waals surface area contributed by atoms with Crippen molar-refractivity contribution in [1.82, 2.24) is 14.5 Å². The molecule has 2 aromatic heterocycles. The van der Waals surface area contributed by atoms with E-state index in [4.69, 9.17) is 0 Å². The third-order valence-corrected chi connectivity index (χ3v) is 8.09. The van der Waals surface area contributed by atoms with Gasteiger partial charge >= 0.3 is 0 Å². The van der Waals surface area contributed by atoms with Crippen LogP contribution in [-0.2, 0) is 6.42 Å². The SMILES string of the molecule is CCc1cc2c(=O)c3c4ccc(C#N)cc4[nH]c3n(C(C)C)c2cc1N1CCN(C(CC)CC)CC1. The second-order valence-corrected chi connectivity index (χ2v) is 10.4. The Bertz CT molecular complexity index is 1530. The molecule has 2 aromatic carbocycles. The Morgan fingerprint density at radius 1 is 1.00 bits per heavy atom. The van der Waals surface area contributed by atoms with E-state index >= 15 is 0 Å². The van der Waals surface area contributed by atoms with Crippen molar-refractivity contribution in [3.63, 3.8) is 0 Å². The molecule has 6 nitrogen and oxygen atoms in total. The average molecular weight is 484 g/mol. The fraction of sp³-hybridized carbons (Fsp3) is 0.467. The van der Waals surface area contributed by atoms with Crippen LogP contribution in [0, 0.1) is 11.3 Å². The van der Waals surface area contributed by atoms with Crippen LogP contribution in [-0.4, -0.2) is 46.7 Å². The smallest absolute Gasteiger partial charge is 0.199 e. The van der Waals surface area contributed by atoms with E-state index in [9.17, 15) is 10.1 Å². The molecule has 1 aliphatic heterocycles. The Morgan fingerprint density at radius 3 is 2.33 bits per heavy atom. The van der Waals surface area contributed by atoms with Crippen LogP contribution < -0.4 is 10.3 Å². The maximum Gasteiger partial charge on any atom is 0.199 e. The monoisotopic (exact) mass is 483 g/mol. The quantitative estimate of drug-likeness (QED) is 0.367. The Morgan fingerprint density at radius 2 is 1.72 bits per heavy atom. The Kier molecular flexibility index (Phi) is 6.53. The zero-order chi connectivity index (χ0) is 25.6. The van der Waals surface area contributed by atoms with Gasteiger partial charge in [-0.25, -0.2) is 0 Å². The number of H-pyrrole nitrogens is 1. The van der Waals surface area contributed by atoms with Crippen molar-refractivity contribution in [2.45, 2.75) is 66.0 Å². The maximum absolute atomic E-state index is 13.9. The molecule has 3 heterocycles. The van der Waals surface area contributed by atoms with Crippen molar-refractivity contribution >= 4 is 38.5 Å². The van der Waals surface area contributed by atoms with E-state index < -0.39 is 0 Å². The number of aromatic nitrogens is 2. The first-order valence-electron chi connectivity index (χ1n) is 13.5. The van der Waals surface area contributed by atoms with Crippen molar-refractivity contribution in [3.05, 3.63) is 51.7 Å². The van der Waals surface area contributed by atoms with Gasteiger partial charge in [-0.15, -0.1) is 0 Å². The number of nitrogens with zero attached hydrogens (tertiary/aromatic N) is 4. The predicted octanol–water partition coefficient (Wildman–Crippen LogP) is 5.96. The first-order valence-corrected chi connectivity index (χ1v) is 13.5. The molecule has 0 bridgehead atoms. The highest BCUT2D eigenvalue weighted by Gasteiger charge is 2.25. The van der Waals surface area contributed by atoms with Crippen LogP contribution in [0.1, 0.15) is 64.6 Å². The molecular weight excluding hydrogens is 446 g/mol. The van der Waals surface area contributed by atoms with Gasteiger partial charge in [0.25, 0.3) is 0 Å². The minimum absolute atomic E-state index is 0.0626. The third kappa shape index (κ3) is 3.87. The third-order valence-electron chi connectivity index (χ3n) is 8.09. The molecule has 0 amide bonds. The lowest BCUT2D eigenvalue weighted by molar-refractivity contribution is 0.175. The van der Waals surface area contributed by atoms with E-state index in [2.05, 4.69) is 72.2 Å². The first-order chi connectivity index (χ1) is 17.4. The van der Waals surface area contributed by atoms with E-state index in [1.165, 1.54) is 24.1 Å². The van der Waals surface area contributed by atoms with E-state index in [1.54, 1.807) is 6.07 Å². The molecule has 188 valence electrons. The van der Waals surface area contributed by atoms with Crippen molar-refractivity contribution < 1.29 is 0 Å². The summed E-state index contributed by atoms with van der Waals surface area (Å²) in [6, 6.07) is 13.0. The second kappa shape index (κ2) is 9.63. The highest BCUT2D eigenvalue weighted by atomic mass is 16.1. The number of fused-ring (bicyclic) bond motifs is 4. The molecule has 1 fully saturated rings. The van der Waals surface area contributed by atoms with Crippen LogP contribution in [0.15, 0.2) is 35.1 Å². The molecule has 36 heavy (non-hydrogen) atoms. The topological polar surface area (TPSA) is 68.1 Å². The number of nitrogens with one attached hydrogen (secondary N) is 1. The number of hydrogen-bond donors (Lipinski definition) is 1. The van der Waals surface area contributed by atoms with Crippen molar-refractivity contribution in [1.29, 1.82) is 5.26 Å². The van der Waals surface area contributed by atoms with Gasteiger partial charge in [0.1, 0.15) is 5.65 Å². The van der Waals surface area contributed by atoms with Gasteiger partial charge in [-0.3, -0.25) is 9.69 Å². The fourth-order valence-electron chi connectivity index (χ4n) is 6.17. The van der Waals surface area contributed by atoms with Crippen molar-refractivity contribution in [2.75, 3.05) is 31.1 Å². The van der Waals surface area contributed by atoms with Gasteiger partial charge in [0.05, 0.1) is 22.5 Å². The number of hydrogen-bond acceptors (Lipinski definition) is 4. The minimum Gasteiger partial charge on any atom is -0.369 e. The average Bonchev–Trinajstić information content (AvgIpc) is 3.27. The summed E-state index contributed by atoms with van der Waals surface area (Å²) in [5, 5.41) is 11.7. The molecule has 0 unspecified atom stereocenters. The van der Waals surface area contributed by atoms with E-state index in [0.717, 1.165) is 60.1 Å². The standard InChI is InChI=1S/C30H37N5O/c1-6-21-16-24-27(17-26(21)34-13-11-33(12-14-34)22(7-2)8-3)35(19(4)5)30-28(29(24)36)23-10-9-20(18-31)15-25(23)32-30/h9-10,15-17,19,22,32H,6-8,11-14H2,1-5H3. The Hall–Kier alpha value is -3.30. The van der Waals surface area contributed by atoms with Gasteiger partial charge < -0.3 is 14.5 Å². The molecule has 0 atom stereocenters. The molecule has 0 aliphatic carbocycles. The summed E-state index contributed by atoms with van der Waals surface area (Å²) in [4.78, 5) is 22.5. The van der Waals surface area contributed by atoms with Crippen LogP contribution in [0.25, 0.3) is 32.8 Å². The van der Waals surface area contributed by atoms with E-state index in [-0.39, 0.29) is 11.5 Å². The molecule has 0 spiro atoms. The summed E-state index contributed by atoms with van der Waals surface area (Å²) >= 11 is 0. The largest absolute Gasteiger partial charge is 0.369 e. The highest BCUT2D eigenvalue weighted by Crippen LogP contribution is 2.33. The fourth-order valence-corrected chi connectivity index (χ4v) is 6.17. The molecule has 0 saturated carbocycles. The molecule has 1 N–H and O–H groups in total. The number of benzene rings is 2. The van der Waals surface area contributed by atoms with E-state index in [0.29, 0.717) is 17.0 Å². The summed E-state index contributed by atoms with van der Waals surface area (Å²) in [6.07, 6.45) is 3.28. The van der Waals surface area contributed by atoms with Crippen LogP contribution in [0.4, 0.5) is 5.69 Å². The molecule has 6 heteroatoms. The summed E-state index contributed by atoms with van der Waals surface area (Å²) in [5.74, 6) is 0. The second-order valence-electron chi connectivity index (χ2n) is 10.4. The van der Waals surface area contributed by atoms with Gasteiger partial charge in [0, 0.05) is 60.2 Å². The zero-order valence-corrected chi connectivity index (χ0v) is 22.2. The summed E-state index contributed by atoms with van der Waals surface area (Å²) in [5.41, 5.74) is 5.78. The zero-order valence-electron chi connectivity index (χ0n) is 22.2. The number of aryl methyl sites for hydroxylation is 1. The minimum atomic E-state index is 0.0626. The van der Waals surface area contributed by atoms with Crippen LogP contribution >= 0.6 is 0 Å². The number of anilines is 1. The first kappa shape index (κ1) is 24.4. The van der Waals surface area contributed by atoms with Crippen LogP contribution in [0.5, 0.6) is 0 Å².